The predicted molar refractivity (Wildman–Crippen MR) is 284 cm³/mol. The zero-order valence-electron chi connectivity index (χ0n) is 43.4. The van der Waals surface area contributed by atoms with E-state index in [1.807, 2.05) is 0 Å². The van der Waals surface area contributed by atoms with Crippen molar-refractivity contribution >= 4 is 17.9 Å². The molecule has 0 fully saturated rings. The van der Waals surface area contributed by atoms with Crippen LogP contribution in [-0.2, 0) is 28.6 Å². The van der Waals surface area contributed by atoms with Crippen LogP contribution in [0.1, 0.15) is 271 Å². The molecule has 0 aromatic carbocycles. The average molecular weight is 921 g/mol. The number of hydrogen-bond donors (Lipinski definition) is 0. The largest absolute Gasteiger partial charge is 0.462 e. The Morgan fingerprint density at radius 1 is 0.318 bits per heavy atom. The third-order valence-electron chi connectivity index (χ3n) is 11.9. The minimum Gasteiger partial charge on any atom is -0.462 e. The molecule has 0 rings (SSSR count). The number of carbonyl (C=O) groups is 3. The summed E-state index contributed by atoms with van der Waals surface area (Å²) < 4.78 is 16.8. The second-order valence-corrected chi connectivity index (χ2v) is 18.5. The van der Waals surface area contributed by atoms with Crippen LogP contribution < -0.4 is 0 Å². The summed E-state index contributed by atoms with van der Waals surface area (Å²) in [5.74, 6) is -0.955. The smallest absolute Gasteiger partial charge is 0.306 e. The Labute approximate surface area is 408 Å². The molecule has 6 heteroatoms. The van der Waals surface area contributed by atoms with Gasteiger partial charge in [-0.05, 0) is 83.5 Å². The quantitative estimate of drug-likeness (QED) is 0.0262. The van der Waals surface area contributed by atoms with Crippen LogP contribution in [0.15, 0.2) is 72.9 Å². The van der Waals surface area contributed by atoms with Gasteiger partial charge < -0.3 is 14.2 Å². The van der Waals surface area contributed by atoms with Gasteiger partial charge in [0.25, 0.3) is 0 Å². The van der Waals surface area contributed by atoms with Crippen LogP contribution in [0.4, 0.5) is 0 Å². The Hall–Kier alpha value is -3.15. The van der Waals surface area contributed by atoms with Gasteiger partial charge in [-0.2, -0.15) is 0 Å². The van der Waals surface area contributed by atoms with E-state index in [4.69, 9.17) is 14.2 Å². The van der Waals surface area contributed by atoms with Crippen molar-refractivity contribution in [3.63, 3.8) is 0 Å². The molecule has 0 saturated carbocycles. The molecular weight excluding hydrogens is 817 g/mol. The van der Waals surface area contributed by atoms with Gasteiger partial charge in [-0.1, -0.05) is 241 Å². The van der Waals surface area contributed by atoms with Crippen molar-refractivity contribution < 1.29 is 28.6 Å². The first kappa shape index (κ1) is 62.8. The molecule has 0 aliphatic carbocycles. The molecule has 1 unspecified atom stereocenters. The number of unbranched alkanes of at least 4 members (excludes halogenated alkanes) is 27. The Kier molecular flexibility index (Phi) is 51.9. The fourth-order valence-corrected chi connectivity index (χ4v) is 7.77. The molecule has 0 amide bonds. The fourth-order valence-electron chi connectivity index (χ4n) is 7.77. The van der Waals surface area contributed by atoms with E-state index < -0.39 is 6.10 Å². The van der Waals surface area contributed by atoms with E-state index in [1.54, 1.807) is 0 Å². The van der Waals surface area contributed by atoms with Crippen LogP contribution in [0, 0.1) is 0 Å². The molecule has 6 nitrogen and oxygen atoms in total. The van der Waals surface area contributed by atoms with Gasteiger partial charge in [-0.25, -0.2) is 0 Å². The van der Waals surface area contributed by atoms with E-state index in [1.165, 1.54) is 141 Å². The molecule has 0 bridgehead atoms. The summed E-state index contributed by atoms with van der Waals surface area (Å²) >= 11 is 0. The van der Waals surface area contributed by atoms with Gasteiger partial charge in [0.1, 0.15) is 13.2 Å². The topological polar surface area (TPSA) is 78.9 Å². The molecule has 1 atom stereocenters. The van der Waals surface area contributed by atoms with Gasteiger partial charge in [0.2, 0.25) is 0 Å². The Morgan fingerprint density at radius 3 is 1.00 bits per heavy atom. The Morgan fingerprint density at radius 2 is 0.606 bits per heavy atom. The molecule has 0 spiro atoms. The summed E-state index contributed by atoms with van der Waals surface area (Å²) in [6.45, 7) is 6.48. The highest BCUT2D eigenvalue weighted by atomic mass is 16.6. The summed E-state index contributed by atoms with van der Waals surface area (Å²) in [6, 6.07) is 0. The normalized spacial score (nSPS) is 12.6. The monoisotopic (exact) mass is 921 g/mol. The number of rotatable bonds is 50. The lowest BCUT2D eigenvalue weighted by atomic mass is 10.0. The molecule has 0 saturated heterocycles. The van der Waals surface area contributed by atoms with Crippen LogP contribution in [0.25, 0.3) is 0 Å². The second-order valence-electron chi connectivity index (χ2n) is 18.5. The standard InChI is InChI=1S/C60H104O6/c1-4-7-10-13-16-19-22-25-28-30-32-35-38-41-44-47-50-53-59(62)65-56-57(55-64-58(61)52-49-46-43-40-37-34-27-24-21-18-15-12-9-6-3)66-60(63)54-51-48-45-42-39-36-33-31-29-26-23-20-17-14-11-8-5-2/h7,10,16,19,24-25,27-28,32,35,41,44,57H,4-6,8-9,11-15,17-18,20-23,26,29-31,33-34,36-40,42-43,45-56H2,1-3H3/b10-7-,19-16-,27-24-,28-25-,35-32-,44-41-. The van der Waals surface area contributed by atoms with Gasteiger partial charge in [0.05, 0.1) is 0 Å². The highest BCUT2D eigenvalue weighted by Gasteiger charge is 2.19. The molecule has 0 aliphatic rings. The van der Waals surface area contributed by atoms with Crippen molar-refractivity contribution in [2.75, 3.05) is 13.2 Å². The van der Waals surface area contributed by atoms with Crippen LogP contribution >= 0.6 is 0 Å². The van der Waals surface area contributed by atoms with Crippen LogP contribution in [-0.4, -0.2) is 37.2 Å². The maximum absolute atomic E-state index is 12.8. The summed E-state index contributed by atoms with van der Waals surface area (Å²) in [5, 5.41) is 0. The van der Waals surface area contributed by atoms with Gasteiger partial charge in [0.15, 0.2) is 6.10 Å². The summed E-state index contributed by atoms with van der Waals surface area (Å²) in [5.41, 5.74) is 0. The summed E-state index contributed by atoms with van der Waals surface area (Å²) in [6.07, 6.45) is 68.9. The van der Waals surface area contributed by atoms with Crippen LogP contribution in [0.2, 0.25) is 0 Å². The van der Waals surface area contributed by atoms with Gasteiger partial charge in [0, 0.05) is 19.3 Å². The minimum absolute atomic E-state index is 0.0954. The van der Waals surface area contributed by atoms with Crippen molar-refractivity contribution in [2.24, 2.45) is 0 Å². The van der Waals surface area contributed by atoms with E-state index in [-0.39, 0.29) is 37.5 Å². The van der Waals surface area contributed by atoms with E-state index in [2.05, 4.69) is 93.7 Å². The van der Waals surface area contributed by atoms with Crippen molar-refractivity contribution in [3.05, 3.63) is 72.9 Å². The number of hydrogen-bond acceptors (Lipinski definition) is 6. The van der Waals surface area contributed by atoms with Crippen molar-refractivity contribution in [2.45, 2.75) is 277 Å². The third kappa shape index (κ3) is 51.8. The average Bonchev–Trinajstić information content (AvgIpc) is 3.31. The molecule has 0 aromatic heterocycles. The van der Waals surface area contributed by atoms with Crippen LogP contribution in [0.5, 0.6) is 0 Å². The second kappa shape index (κ2) is 54.5. The summed E-state index contributed by atoms with van der Waals surface area (Å²) in [4.78, 5) is 38.1. The Bertz CT molecular complexity index is 1240. The third-order valence-corrected chi connectivity index (χ3v) is 11.9. The zero-order chi connectivity index (χ0) is 47.9. The first-order valence-corrected chi connectivity index (χ1v) is 27.9. The SMILES string of the molecule is CC/C=C\C/C=C\C/C=C\C/C=C\C/C=C\CCCC(=O)OCC(COC(=O)CCCCCCC/C=C\CCCCCCC)OC(=O)CCCCCCCCCCCCCCCCCCC. The number of ether oxygens (including phenoxy) is 3. The maximum Gasteiger partial charge on any atom is 0.306 e. The van der Waals surface area contributed by atoms with Crippen LogP contribution in [0.3, 0.4) is 0 Å². The van der Waals surface area contributed by atoms with E-state index in [0.29, 0.717) is 19.3 Å². The van der Waals surface area contributed by atoms with Gasteiger partial charge in [-0.15, -0.1) is 0 Å². The molecule has 0 N–H and O–H groups in total. The zero-order valence-corrected chi connectivity index (χ0v) is 43.4. The first-order chi connectivity index (χ1) is 32.5. The number of allylic oxidation sites excluding steroid dienone is 12. The van der Waals surface area contributed by atoms with Crippen molar-refractivity contribution in [1.82, 2.24) is 0 Å². The van der Waals surface area contributed by atoms with E-state index >= 15 is 0 Å². The highest BCUT2D eigenvalue weighted by molar-refractivity contribution is 5.71. The molecule has 0 radical (unpaired) electrons. The number of esters is 3. The lowest BCUT2D eigenvalue weighted by Crippen LogP contribution is -2.30. The lowest BCUT2D eigenvalue weighted by molar-refractivity contribution is -0.167. The van der Waals surface area contributed by atoms with Gasteiger partial charge >= 0.3 is 17.9 Å². The first-order valence-electron chi connectivity index (χ1n) is 27.9. The molecule has 0 heterocycles. The van der Waals surface area contributed by atoms with E-state index in [9.17, 15) is 14.4 Å². The fraction of sp³-hybridized carbons (Fsp3) is 0.750. The summed E-state index contributed by atoms with van der Waals surface area (Å²) in [7, 11) is 0. The molecular formula is C60H104O6. The van der Waals surface area contributed by atoms with Crippen molar-refractivity contribution in [3.8, 4) is 0 Å². The number of carbonyl (C=O) groups excluding carboxylic acids is 3. The lowest BCUT2D eigenvalue weighted by Gasteiger charge is -2.18. The minimum atomic E-state index is -0.799. The highest BCUT2D eigenvalue weighted by Crippen LogP contribution is 2.16. The van der Waals surface area contributed by atoms with Gasteiger partial charge in [-0.3, -0.25) is 14.4 Å². The van der Waals surface area contributed by atoms with E-state index in [0.717, 1.165) is 83.5 Å². The maximum atomic E-state index is 12.8. The molecule has 380 valence electrons. The molecule has 0 aliphatic heterocycles. The Balaban J connectivity index is 4.46. The molecule has 0 aromatic rings. The molecule has 66 heavy (non-hydrogen) atoms. The van der Waals surface area contributed by atoms with Crippen molar-refractivity contribution in [1.29, 1.82) is 0 Å². The predicted octanol–water partition coefficient (Wildman–Crippen LogP) is 18.6.